The summed E-state index contributed by atoms with van der Waals surface area (Å²) in [4.78, 5) is 0. The second kappa shape index (κ2) is 5.37. The van der Waals surface area contributed by atoms with Crippen LogP contribution in [0.2, 0.25) is 0 Å². The third-order valence-corrected chi connectivity index (χ3v) is 3.73. The van der Waals surface area contributed by atoms with Crippen LogP contribution in [0.3, 0.4) is 0 Å². The van der Waals surface area contributed by atoms with Crippen LogP contribution >= 0.6 is 0 Å². The molecule has 0 bridgehead atoms. The molecule has 1 aliphatic rings. The molecule has 92 valence electrons. The molecular formula is C14H21N3. The minimum atomic E-state index is 0.747. The highest BCUT2D eigenvalue weighted by atomic mass is 15.0. The summed E-state index contributed by atoms with van der Waals surface area (Å²) in [6.45, 7) is 4.04. The predicted octanol–water partition coefficient (Wildman–Crippen LogP) is 2.49. The summed E-state index contributed by atoms with van der Waals surface area (Å²) in [7, 11) is 1.95. The van der Waals surface area contributed by atoms with Gasteiger partial charge in [0.05, 0.1) is 0 Å². The van der Waals surface area contributed by atoms with E-state index < -0.39 is 0 Å². The van der Waals surface area contributed by atoms with E-state index in [0.29, 0.717) is 0 Å². The fourth-order valence-corrected chi connectivity index (χ4v) is 2.19. The highest BCUT2D eigenvalue weighted by molar-refractivity contribution is 5.33. The average molecular weight is 231 g/mol. The summed E-state index contributed by atoms with van der Waals surface area (Å²) in [6.07, 6.45) is 5.55. The van der Waals surface area contributed by atoms with Gasteiger partial charge < -0.3 is 9.88 Å². The van der Waals surface area contributed by atoms with Gasteiger partial charge in [-0.15, -0.1) is 0 Å². The largest absolute Gasteiger partial charge is 0.340 e. The number of rotatable bonds is 6. The van der Waals surface area contributed by atoms with Crippen molar-refractivity contribution in [3.8, 4) is 6.07 Å². The van der Waals surface area contributed by atoms with E-state index in [1.54, 1.807) is 0 Å². The van der Waals surface area contributed by atoms with Gasteiger partial charge in [-0.3, -0.25) is 0 Å². The molecule has 17 heavy (non-hydrogen) atoms. The zero-order valence-corrected chi connectivity index (χ0v) is 10.8. The molecule has 1 heterocycles. The van der Waals surface area contributed by atoms with Crippen LogP contribution in [0.15, 0.2) is 6.07 Å². The zero-order valence-electron chi connectivity index (χ0n) is 10.8. The second-order valence-corrected chi connectivity index (χ2v) is 5.07. The first-order valence-corrected chi connectivity index (χ1v) is 6.48. The summed E-state index contributed by atoms with van der Waals surface area (Å²) in [6, 6.07) is 4.21. The highest BCUT2D eigenvalue weighted by Crippen LogP contribution is 2.33. The first-order valence-electron chi connectivity index (χ1n) is 6.48. The smallest absolute Gasteiger partial charge is 0.120 e. The summed E-state index contributed by atoms with van der Waals surface area (Å²) < 4.78 is 1.96. The minimum absolute atomic E-state index is 0.747. The van der Waals surface area contributed by atoms with E-state index in [1.165, 1.54) is 36.9 Å². The molecule has 0 spiro atoms. The molecule has 0 unspecified atom stereocenters. The van der Waals surface area contributed by atoms with Gasteiger partial charge in [-0.05, 0) is 43.9 Å². The molecule has 2 rings (SSSR count). The Hall–Kier alpha value is -1.27. The number of aromatic nitrogens is 1. The van der Waals surface area contributed by atoms with Crippen molar-refractivity contribution in [1.82, 2.24) is 9.88 Å². The lowest BCUT2D eigenvalue weighted by molar-refractivity contribution is 0.592. The molecule has 0 atom stereocenters. The number of hydrogen-bond acceptors (Lipinski definition) is 2. The first-order chi connectivity index (χ1) is 8.22. The van der Waals surface area contributed by atoms with Crippen LogP contribution < -0.4 is 5.32 Å². The topological polar surface area (TPSA) is 40.8 Å². The maximum Gasteiger partial charge on any atom is 0.120 e. The third kappa shape index (κ3) is 3.10. The van der Waals surface area contributed by atoms with Crippen LogP contribution in [0, 0.1) is 24.2 Å². The fraction of sp³-hybridized carbons (Fsp3) is 0.643. The van der Waals surface area contributed by atoms with E-state index in [2.05, 4.69) is 18.3 Å². The lowest BCUT2D eigenvalue weighted by Crippen LogP contribution is -2.15. The molecule has 3 nitrogen and oxygen atoms in total. The van der Waals surface area contributed by atoms with Crippen molar-refractivity contribution in [3.05, 3.63) is 23.0 Å². The number of hydrogen-bond donors (Lipinski definition) is 1. The van der Waals surface area contributed by atoms with Crippen LogP contribution in [0.4, 0.5) is 0 Å². The van der Waals surface area contributed by atoms with E-state index in [9.17, 15) is 0 Å². The minimum Gasteiger partial charge on any atom is -0.340 e. The van der Waals surface area contributed by atoms with Gasteiger partial charge in [0.15, 0.2) is 0 Å². The molecule has 0 aromatic carbocycles. The van der Waals surface area contributed by atoms with E-state index in [1.807, 2.05) is 17.7 Å². The normalized spacial score (nSPS) is 14.9. The molecule has 3 heteroatoms. The Balaban J connectivity index is 1.76. The van der Waals surface area contributed by atoms with Crippen LogP contribution in [0.25, 0.3) is 0 Å². The van der Waals surface area contributed by atoms with Crippen molar-refractivity contribution in [2.75, 3.05) is 6.54 Å². The van der Waals surface area contributed by atoms with Crippen molar-refractivity contribution in [3.63, 3.8) is 0 Å². The standard InChI is InChI=1S/C14H21N3/c1-11-13(8-14(9-15)17(11)2)10-16-7-3-4-12-5-6-12/h8,12,16H,3-7,10H2,1-2H3. The van der Waals surface area contributed by atoms with Gasteiger partial charge >= 0.3 is 0 Å². The lowest BCUT2D eigenvalue weighted by atomic mass is 10.2. The molecule has 1 aliphatic carbocycles. The Morgan fingerprint density at radius 2 is 2.29 bits per heavy atom. The lowest BCUT2D eigenvalue weighted by Gasteiger charge is -2.05. The Labute approximate surface area is 103 Å². The van der Waals surface area contributed by atoms with E-state index in [-0.39, 0.29) is 0 Å². The second-order valence-electron chi connectivity index (χ2n) is 5.07. The summed E-state index contributed by atoms with van der Waals surface area (Å²) in [5.41, 5.74) is 3.18. The summed E-state index contributed by atoms with van der Waals surface area (Å²) >= 11 is 0. The average Bonchev–Trinajstić information content (AvgIpc) is 3.10. The van der Waals surface area contributed by atoms with Gasteiger partial charge in [-0.1, -0.05) is 12.8 Å². The molecule has 0 aliphatic heterocycles. The molecule has 0 radical (unpaired) electrons. The molecule has 1 aromatic rings. The van der Waals surface area contributed by atoms with Gasteiger partial charge in [-0.2, -0.15) is 5.26 Å². The highest BCUT2D eigenvalue weighted by Gasteiger charge is 2.19. The van der Waals surface area contributed by atoms with Crippen molar-refractivity contribution in [2.45, 2.75) is 39.2 Å². The van der Waals surface area contributed by atoms with E-state index in [0.717, 1.165) is 24.7 Å². The molecular weight excluding hydrogens is 210 g/mol. The zero-order chi connectivity index (χ0) is 12.3. The monoisotopic (exact) mass is 231 g/mol. The quantitative estimate of drug-likeness (QED) is 0.764. The van der Waals surface area contributed by atoms with Crippen molar-refractivity contribution in [1.29, 1.82) is 5.26 Å². The first kappa shape index (κ1) is 12.2. The molecule has 0 saturated heterocycles. The molecule has 0 amide bonds. The Bertz CT molecular complexity index is 421. The van der Waals surface area contributed by atoms with Crippen molar-refractivity contribution < 1.29 is 0 Å². The molecule has 1 fully saturated rings. The molecule has 1 N–H and O–H groups in total. The van der Waals surface area contributed by atoms with Gasteiger partial charge in [0, 0.05) is 19.3 Å². The Morgan fingerprint density at radius 1 is 1.53 bits per heavy atom. The van der Waals surface area contributed by atoms with Gasteiger partial charge in [0.2, 0.25) is 0 Å². The van der Waals surface area contributed by atoms with Crippen LogP contribution in [0.1, 0.15) is 42.6 Å². The maximum absolute atomic E-state index is 8.94. The van der Waals surface area contributed by atoms with Crippen LogP contribution in [-0.2, 0) is 13.6 Å². The van der Waals surface area contributed by atoms with Crippen LogP contribution in [-0.4, -0.2) is 11.1 Å². The Kier molecular flexibility index (Phi) is 3.86. The number of nitrogens with zero attached hydrogens (tertiary/aromatic N) is 2. The number of nitriles is 1. The van der Waals surface area contributed by atoms with Gasteiger partial charge in [0.1, 0.15) is 11.8 Å². The van der Waals surface area contributed by atoms with Gasteiger partial charge in [-0.25, -0.2) is 0 Å². The van der Waals surface area contributed by atoms with Crippen LogP contribution in [0.5, 0.6) is 0 Å². The predicted molar refractivity (Wildman–Crippen MR) is 68.5 cm³/mol. The van der Waals surface area contributed by atoms with Crippen molar-refractivity contribution in [2.24, 2.45) is 13.0 Å². The van der Waals surface area contributed by atoms with E-state index >= 15 is 0 Å². The summed E-state index contributed by atoms with van der Waals surface area (Å²) in [5.74, 6) is 1.03. The van der Waals surface area contributed by atoms with E-state index in [4.69, 9.17) is 5.26 Å². The van der Waals surface area contributed by atoms with Crippen molar-refractivity contribution >= 4 is 0 Å². The van der Waals surface area contributed by atoms with Gasteiger partial charge in [0.25, 0.3) is 0 Å². The molecule has 1 saturated carbocycles. The fourth-order valence-electron chi connectivity index (χ4n) is 2.19. The molecule has 1 aromatic heterocycles. The SMILES string of the molecule is Cc1c(CNCCCC2CC2)cc(C#N)n1C. The third-order valence-electron chi connectivity index (χ3n) is 3.73. The summed E-state index contributed by atoms with van der Waals surface area (Å²) in [5, 5.41) is 12.4. The number of nitrogens with one attached hydrogen (secondary N) is 1. The maximum atomic E-state index is 8.94. The Morgan fingerprint density at radius 3 is 2.88 bits per heavy atom.